The third kappa shape index (κ3) is 8.23. The summed E-state index contributed by atoms with van der Waals surface area (Å²) < 4.78 is 76.4. The van der Waals surface area contributed by atoms with Gasteiger partial charge in [-0.1, -0.05) is 109 Å². The first-order valence-corrected chi connectivity index (χ1v) is 16.7. The lowest BCUT2D eigenvalue weighted by Gasteiger charge is -2.41. The summed E-state index contributed by atoms with van der Waals surface area (Å²) >= 11 is 0. The van der Waals surface area contributed by atoms with Crippen molar-refractivity contribution in [3.8, 4) is 0 Å². The van der Waals surface area contributed by atoms with E-state index in [4.69, 9.17) is 0 Å². The number of nitrogens with zero attached hydrogens (tertiary/aromatic N) is 1. The third-order valence-electron chi connectivity index (χ3n) is 7.16. The first kappa shape index (κ1) is 32.7. The Labute approximate surface area is 256 Å². The van der Waals surface area contributed by atoms with Crippen LogP contribution in [0.3, 0.4) is 0 Å². The van der Waals surface area contributed by atoms with E-state index in [1.165, 1.54) is 24.3 Å². The number of sulfone groups is 1. The maximum absolute atomic E-state index is 16.9. The predicted molar refractivity (Wildman–Crippen MR) is 169 cm³/mol. The Morgan fingerprint density at radius 1 is 0.698 bits per heavy atom. The molecule has 0 aliphatic rings. The molecule has 0 saturated heterocycles. The quantitative estimate of drug-likeness (QED) is 0.178. The summed E-state index contributed by atoms with van der Waals surface area (Å²) in [4.78, 5) is 1.37. The Morgan fingerprint density at radius 2 is 1.09 bits per heavy atom. The molecule has 1 N–H and O–H groups in total. The molecule has 0 saturated carbocycles. The van der Waals surface area contributed by atoms with E-state index in [0.717, 1.165) is 16.7 Å². The van der Waals surface area contributed by atoms with E-state index in [1.54, 1.807) is 26.8 Å². The van der Waals surface area contributed by atoms with Crippen LogP contribution in [0.4, 0.5) is 8.78 Å². The second-order valence-electron chi connectivity index (χ2n) is 11.5. The largest absolute Gasteiger partial charge is 0.367 e. The first-order chi connectivity index (χ1) is 20.4. The van der Waals surface area contributed by atoms with Gasteiger partial charge in [0.25, 0.3) is 0 Å². The topological polar surface area (TPSA) is 66.5 Å². The number of halogens is 2. The normalized spacial score (nSPS) is 14.7. The summed E-state index contributed by atoms with van der Waals surface area (Å²) in [7, 11) is -7.22. The molecule has 0 heterocycles. The Kier molecular flexibility index (Phi) is 10.7. The van der Waals surface area contributed by atoms with Crippen LogP contribution in [0.5, 0.6) is 0 Å². The van der Waals surface area contributed by atoms with E-state index in [2.05, 4.69) is 4.72 Å². The number of benzene rings is 4. The minimum atomic E-state index is -5.20. The van der Waals surface area contributed by atoms with Crippen molar-refractivity contribution in [2.75, 3.05) is 0 Å². The van der Waals surface area contributed by atoms with Crippen LogP contribution in [0.25, 0.3) is 0 Å². The number of nitrogens with one attached hydrogen (secondary N) is 1. The second-order valence-corrected chi connectivity index (χ2v) is 15.5. The summed E-state index contributed by atoms with van der Waals surface area (Å²) in [6.45, 7) is 5.50. The standard InChI is InChI=1S/C34H38F2N2O3S2/c1-33(2,3)42(39)37-32(34(35,36)43(40,41)30-22-14-7-15-23-30)31(24-27-16-8-4-9-17-27)38(25-28-18-10-5-11-19-28)26-29-20-12-6-13-21-29/h4-23,31-32,37H,24-26H2,1-3H3/t31-,32-,42?/m0/s1. The van der Waals surface area contributed by atoms with Crippen molar-refractivity contribution in [3.05, 3.63) is 138 Å². The maximum Gasteiger partial charge on any atom is 0.367 e. The van der Waals surface area contributed by atoms with Crippen LogP contribution in [0.1, 0.15) is 37.5 Å². The molecule has 9 heteroatoms. The highest BCUT2D eigenvalue weighted by atomic mass is 32.2. The Morgan fingerprint density at radius 3 is 1.51 bits per heavy atom. The van der Waals surface area contributed by atoms with E-state index in [9.17, 15) is 12.6 Å². The molecule has 4 aromatic carbocycles. The van der Waals surface area contributed by atoms with E-state index in [0.29, 0.717) is 0 Å². The van der Waals surface area contributed by atoms with Crippen LogP contribution in [0, 0.1) is 0 Å². The molecule has 0 aliphatic heterocycles. The van der Waals surface area contributed by atoms with Gasteiger partial charge in [0.1, 0.15) is 6.04 Å². The van der Waals surface area contributed by atoms with Gasteiger partial charge in [-0.2, -0.15) is 8.78 Å². The monoisotopic (exact) mass is 624 g/mol. The van der Waals surface area contributed by atoms with Gasteiger partial charge >= 0.3 is 5.25 Å². The van der Waals surface area contributed by atoms with E-state index >= 15 is 8.78 Å². The molecule has 4 rings (SSSR count). The van der Waals surface area contributed by atoms with E-state index < -0.39 is 47.8 Å². The summed E-state index contributed by atoms with van der Waals surface area (Å²) in [6, 6.07) is 31.6. The lowest BCUT2D eigenvalue weighted by atomic mass is 9.96. The SMILES string of the molecule is CC(C)(C)S(=O)N[C@@H]([C@H](Cc1ccccc1)N(Cc1ccccc1)Cc1ccccc1)C(F)(F)S(=O)(=O)c1ccccc1. The molecule has 4 aromatic rings. The number of hydrogen-bond acceptors (Lipinski definition) is 4. The third-order valence-corrected chi connectivity index (χ3v) is 10.6. The van der Waals surface area contributed by atoms with Crippen LogP contribution in [0.15, 0.2) is 126 Å². The molecule has 0 aliphatic carbocycles. The van der Waals surface area contributed by atoms with Gasteiger partial charge in [-0.05, 0) is 56.0 Å². The van der Waals surface area contributed by atoms with Crippen molar-refractivity contribution in [2.45, 2.75) is 67.3 Å². The summed E-state index contributed by atoms with van der Waals surface area (Å²) in [5.74, 6) is 0. The Balaban J connectivity index is 1.91. The van der Waals surface area contributed by atoms with Gasteiger partial charge in [0.15, 0.2) is 0 Å². The molecule has 228 valence electrons. The maximum atomic E-state index is 16.9. The molecule has 1 unspecified atom stereocenters. The zero-order chi connectivity index (χ0) is 31.1. The lowest BCUT2D eigenvalue weighted by molar-refractivity contribution is 0.00664. The van der Waals surface area contributed by atoms with Gasteiger partial charge in [-0.15, -0.1) is 0 Å². The molecule has 0 amide bonds. The van der Waals surface area contributed by atoms with Crippen molar-refractivity contribution in [1.82, 2.24) is 9.62 Å². The van der Waals surface area contributed by atoms with Crippen molar-refractivity contribution < 1.29 is 21.4 Å². The van der Waals surface area contributed by atoms with Crippen LogP contribution in [0.2, 0.25) is 0 Å². The summed E-state index contributed by atoms with van der Waals surface area (Å²) in [6.07, 6.45) is 0.0828. The first-order valence-electron chi connectivity index (χ1n) is 14.1. The number of hydrogen-bond donors (Lipinski definition) is 1. The van der Waals surface area contributed by atoms with Crippen molar-refractivity contribution >= 4 is 20.8 Å². The molecular formula is C34H38F2N2O3S2. The fraction of sp³-hybridized carbons (Fsp3) is 0.294. The fourth-order valence-corrected chi connectivity index (χ4v) is 7.17. The minimum absolute atomic E-state index is 0.0828. The summed E-state index contributed by atoms with van der Waals surface area (Å²) in [5.41, 5.74) is 2.50. The molecule has 43 heavy (non-hydrogen) atoms. The van der Waals surface area contributed by atoms with Crippen LogP contribution in [-0.2, 0) is 40.3 Å². The van der Waals surface area contributed by atoms with Gasteiger partial charge in [0.05, 0.1) is 20.6 Å². The predicted octanol–water partition coefficient (Wildman–Crippen LogP) is 6.79. The Hall–Kier alpha value is -3.24. The molecule has 0 radical (unpaired) electrons. The van der Waals surface area contributed by atoms with Crippen LogP contribution in [-0.4, -0.2) is 39.6 Å². The van der Waals surface area contributed by atoms with Gasteiger partial charge in [-0.25, -0.2) is 17.3 Å². The zero-order valence-electron chi connectivity index (χ0n) is 24.6. The highest BCUT2D eigenvalue weighted by Gasteiger charge is 2.57. The van der Waals surface area contributed by atoms with Crippen molar-refractivity contribution in [3.63, 3.8) is 0 Å². The molecule has 0 aromatic heterocycles. The van der Waals surface area contributed by atoms with Gasteiger partial charge < -0.3 is 0 Å². The fourth-order valence-electron chi connectivity index (χ4n) is 4.83. The molecule has 0 fully saturated rings. The van der Waals surface area contributed by atoms with Crippen molar-refractivity contribution in [2.24, 2.45) is 0 Å². The van der Waals surface area contributed by atoms with Gasteiger partial charge in [0, 0.05) is 19.1 Å². The smallest absolute Gasteiger partial charge is 0.290 e. The van der Waals surface area contributed by atoms with Crippen LogP contribution >= 0.6 is 0 Å². The minimum Gasteiger partial charge on any atom is -0.290 e. The van der Waals surface area contributed by atoms with E-state index in [-0.39, 0.29) is 19.5 Å². The highest BCUT2D eigenvalue weighted by molar-refractivity contribution is 7.92. The van der Waals surface area contributed by atoms with E-state index in [1.807, 2.05) is 95.9 Å². The molecular weight excluding hydrogens is 587 g/mol. The highest BCUT2D eigenvalue weighted by Crippen LogP contribution is 2.37. The molecule has 0 spiro atoms. The number of rotatable bonds is 13. The number of alkyl halides is 2. The molecule has 3 atom stereocenters. The average molecular weight is 625 g/mol. The summed E-state index contributed by atoms with van der Waals surface area (Å²) in [5, 5.41) is -4.33. The molecule has 5 nitrogen and oxygen atoms in total. The second kappa shape index (κ2) is 14.0. The van der Waals surface area contributed by atoms with Gasteiger partial charge in [-0.3, -0.25) is 4.90 Å². The van der Waals surface area contributed by atoms with Gasteiger partial charge in [0.2, 0.25) is 9.84 Å². The van der Waals surface area contributed by atoms with Crippen LogP contribution < -0.4 is 4.72 Å². The molecule has 0 bridgehead atoms. The lowest BCUT2D eigenvalue weighted by Crippen LogP contribution is -2.62. The van der Waals surface area contributed by atoms with Crippen molar-refractivity contribution in [1.29, 1.82) is 0 Å². The average Bonchev–Trinajstić information content (AvgIpc) is 3.00. The Bertz CT molecular complexity index is 1520. The zero-order valence-corrected chi connectivity index (χ0v) is 26.2.